The molecule has 0 aromatic heterocycles. The number of halogens is 1. The molecule has 0 aliphatic carbocycles. The molecule has 1 aliphatic heterocycles. The number of ether oxygens (including phenoxy) is 4. The topological polar surface area (TPSA) is 112 Å². The van der Waals surface area contributed by atoms with Gasteiger partial charge in [-0.1, -0.05) is 11.6 Å². The molecule has 31 heavy (non-hydrogen) atoms. The van der Waals surface area contributed by atoms with E-state index in [0.717, 1.165) is 0 Å². The summed E-state index contributed by atoms with van der Waals surface area (Å²) in [6, 6.07) is 8.01. The third-order valence-corrected chi connectivity index (χ3v) is 4.44. The molecule has 1 aliphatic rings. The summed E-state index contributed by atoms with van der Waals surface area (Å²) in [5.74, 6) is -0.130. The Labute approximate surface area is 183 Å². The lowest BCUT2D eigenvalue weighted by molar-refractivity contribution is -0.146. The first-order valence-electron chi connectivity index (χ1n) is 9.35. The minimum absolute atomic E-state index is 0.0923. The predicted molar refractivity (Wildman–Crippen MR) is 113 cm³/mol. The van der Waals surface area contributed by atoms with Gasteiger partial charge in [0, 0.05) is 12.6 Å². The van der Waals surface area contributed by atoms with Gasteiger partial charge in [0.1, 0.15) is 19.0 Å². The van der Waals surface area contributed by atoms with Gasteiger partial charge in [-0.3, -0.25) is 14.4 Å². The maximum atomic E-state index is 12.2. The van der Waals surface area contributed by atoms with Crippen molar-refractivity contribution in [2.75, 3.05) is 37.6 Å². The van der Waals surface area contributed by atoms with Crippen LogP contribution in [0.4, 0.5) is 11.4 Å². The molecule has 0 saturated carbocycles. The van der Waals surface area contributed by atoms with Gasteiger partial charge in [0.05, 0.1) is 24.2 Å². The van der Waals surface area contributed by atoms with Crippen LogP contribution in [0.2, 0.25) is 5.02 Å². The fourth-order valence-electron chi connectivity index (χ4n) is 2.90. The maximum absolute atomic E-state index is 12.2. The number of rotatable bonds is 7. The molecule has 2 amide bonds. The zero-order valence-corrected chi connectivity index (χ0v) is 17.7. The van der Waals surface area contributed by atoms with Gasteiger partial charge >= 0.3 is 5.97 Å². The SMILES string of the molecule is COc1ccc(NC(C)=O)cc1NC(=O)COC(=O)Cc1cc(Cl)c2c(c1)OCCO2. The van der Waals surface area contributed by atoms with Crippen LogP contribution in [0.3, 0.4) is 0 Å². The molecule has 9 nitrogen and oxygen atoms in total. The summed E-state index contributed by atoms with van der Waals surface area (Å²) in [5, 5.41) is 5.54. The summed E-state index contributed by atoms with van der Waals surface area (Å²) in [6.07, 6.45) is -0.0923. The Morgan fingerprint density at radius 3 is 2.61 bits per heavy atom. The van der Waals surface area contributed by atoms with Gasteiger partial charge in [-0.05, 0) is 35.9 Å². The second kappa shape index (κ2) is 10.0. The largest absolute Gasteiger partial charge is 0.495 e. The molecular weight excluding hydrogens is 428 g/mol. The van der Waals surface area contributed by atoms with Crippen LogP contribution in [-0.4, -0.2) is 44.7 Å². The van der Waals surface area contributed by atoms with E-state index in [1.807, 2.05) is 0 Å². The molecule has 0 fully saturated rings. The number of amides is 2. The lowest BCUT2D eigenvalue weighted by Crippen LogP contribution is -2.22. The molecule has 2 aromatic carbocycles. The number of hydrogen-bond acceptors (Lipinski definition) is 7. The van der Waals surface area contributed by atoms with Crippen molar-refractivity contribution in [2.45, 2.75) is 13.3 Å². The van der Waals surface area contributed by atoms with Crippen molar-refractivity contribution in [3.63, 3.8) is 0 Å². The molecule has 0 spiro atoms. The minimum atomic E-state index is -0.609. The van der Waals surface area contributed by atoms with Gasteiger partial charge in [0.2, 0.25) is 5.91 Å². The van der Waals surface area contributed by atoms with Crippen LogP contribution >= 0.6 is 11.6 Å². The highest BCUT2D eigenvalue weighted by atomic mass is 35.5. The lowest BCUT2D eigenvalue weighted by Gasteiger charge is -2.20. The number of fused-ring (bicyclic) bond motifs is 1. The lowest BCUT2D eigenvalue weighted by atomic mass is 10.1. The summed E-state index contributed by atoms with van der Waals surface area (Å²) in [4.78, 5) is 35.6. The molecule has 2 aromatic rings. The third-order valence-electron chi connectivity index (χ3n) is 4.16. The van der Waals surface area contributed by atoms with Gasteiger partial charge in [-0.2, -0.15) is 0 Å². The van der Waals surface area contributed by atoms with Crippen molar-refractivity contribution in [3.05, 3.63) is 40.9 Å². The van der Waals surface area contributed by atoms with Crippen LogP contribution < -0.4 is 24.8 Å². The predicted octanol–water partition coefficient (Wildman–Crippen LogP) is 2.80. The Kier molecular flexibility index (Phi) is 7.19. The van der Waals surface area contributed by atoms with Crippen LogP contribution in [0.25, 0.3) is 0 Å². The van der Waals surface area contributed by atoms with E-state index in [1.54, 1.807) is 24.3 Å². The highest BCUT2D eigenvalue weighted by molar-refractivity contribution is 6.32. The zero-order chi connectivity index (χ0) is 22.4. The first-order valence-corrected chi connectivity index (χ1v) is 9.72. The molecule has 0 unspecified atom stereocenters. The van der Waals surface area contributed by atoms with Crippen molar-refractivity contribution in [1.82, 2.24) is 0 Å². The van der Waals surface area contributed by atoms with E-state index in [9.17, 15) is 14.4 Å². The van der Waals surface area contributed by atoms with Gasteiger partial charge in [0.25, 0.3) is 5.91 Å². The zero-order valence-electron chi connectivity index (χ0n) is 17.0. The highest BCUT2D eigenvalue weighted by Crippen LogP contribution is 2.38. The van der Waals surface area contributed by atoms with E-state index in [1.165, 1.54) is 20.1 Å². The van der Waals surface area contributed by atoms with Crippen molar-refractivity contribution in [1.29, 1.82) is 0 Å². The second-order valence-corrected chi connectivity index (χ2v) is 6.99. The Bertz CT molecular complexity index is 1010. The fraction of sp³-hybridized carbons (Fsp3) is 0.286. The Morgan fingerprint density at radius 2 is 1.87 bits per heavy atom. The molecule has 164 valence electrons. The summed E-state index contributed by atoms with van der Waals surface area (Å²) in [6.45, 7) is 1.67. The van der Waals surface area contributed by atoms with Crippen molar-refractivity contribution >= 4 is 40.8 Å². The van der Waals surface area contributed by atoms with Crippen LogP contribution in [0.1, 0.15) is 12.5 Å². The molecule has 0 saturated heterocycles. The van der Waals surface area contributed by atoms with E-state index in [2.05, 4.69) is 10.6 Å². The van der Waals surface area contributed by atoms with E-state index < -0.39 is 18.5 Å². The van der Waals surface area contributed by atoms with E-state index in [-0.39, 0.29) is 12.3 Å². The van der Waals surface area contributed by atoms with Crippen LogP contribution in [0.15, 0.2) is 30.3 Å². The summed E-state index contributed by atoms with van der Waals surface area (Å²) < 4.78 is 21.2. The quantitative estimate of drug-likeness (QED) is 0.626. The highest BCUT2D eigenvalue weighted by Gasteiger charge is 2.18. The molecule has 10 heteroatoms. The number of esters is 1. The van der Waals surface area contributed by atoms with Crippen LogP contribution in [0, 0.1) is 0 Å². The number of anilines is 2. The number of carbonyl (C=O) groups is 3. The average Bonchev–Trinajstić information content (AvgIpc) is 2.72. The van der Waals surface area contributed by atoms with E-state index in [0.29, 0.717) is 52.4 Å². The normalized spacial score (nSPS) is 12.0. The molecule has 0 atom stereocenters. The van der Waals surface area contributed by atoms with Gasteiger partial charge < -0.3 is 29.6 Å². The molecule has 3 rings (SSSR count). The number of benzene rings is 2. The third kappa shape index (κ3) is 6.02. The van der Waals surface area contributed by atoms with E-state index in [4.69, 9.17) is 30.5 Å². The Hall–Kier alpha value is -3.46. The monoisotopic (exact) mass is 448 g/mol. The number of carbonyl (C=O) groups excluding carboxylic acids is 3. The van der Waals surface area contributed by atoms with E-state index >= 15 is 0 Å². The van der Waals surface area contributed by atoms with Gasteiger partial charge in [-0.25, -0.2) is 0 Å². The second-order valence-electron chi connectivity index (χ2n) is 6.58. The van der Waals surface area contributed by atoms with Gasteiger partial charge in [-0.15, -0.1) is 0 Å². The molecule has 2 N–H and O–H groups in total. The molecule has 1 heterocycles. The first kappa shape index (κ1) is 22.2. The number of methoxy groups -OCH3 is 1. The Morgan fingerprint density at radius 1 is 1.10 bits per heavy atom. The smallest absolute Gasteiger partial charge is 0.310 e. The summed E-state index contributed by atoms with van der Waals surface area (Å²) in [7, 11) is 1.45. The minimum Gasteiger partial charge on any atom is -0.495 e. The van der Waals surface area contributed by atoms with Crippen LogP contribution in [0.5, 0.6) is 17.2 Å². The van der Waals surface area contributed by atoms with Crippen molar-refractivity contribution in [2.24, 2.45) is 0 Å². The van der Waals surface area contributed by atoms with Gasteiger partial charge in [0.15, 0.2) is 18.1 Å². The molecule has 0 bridgehead atoms. The van der Waals surface area contributed by atoms with Crippen molar-refractivity contribution in [3.8, 4) is 17.2 Å². The first-order chi connectivity index (χ1) is 14.9. The summed E-state index contributed by atoms with van der Waals surface area (Å²) in [5.41, 5.74) is 1.38. The van der Waals surface area contributed by atoms with Crippen LogP contribution in [-0.2, 0) is 25.5 Å². The Balaban J connectivity index is 1.57. The molecular formula is C21H21ClN2O7. The number of nitrogens with one attached hydrogen (secondary N) is 2. The number of hydrogen-bond donors (Lipinski definition) is 2. The molecule has 0 radical (unpaired) electrons. The fourth-order valence-corrected chi connectivity index (χ4v) is 3.19. The maximum Gasteiger partial charge on any atom is 0.310 e. The van der Waals surface area contributed by atoms with Crippen molar-refractivity contribution < 1.29 is 33.3 Å². The summed E-state index contributed by atoms with van der Waals surface area (Å²) >= 11 is 6.16. The average molecular weight is 449 g/mol. The standard InChI is InChI=1S/C21H21ClN2O7/c1-12(25)23-14-3-4-17(28-2)16(10-14)24-19(26)11-31-20(27)9-13-7-15(22)21-18(8-13)29-5-6-30-21/h3-4,7-8,10H,5-6,9,11H2,1-2H3,(H,23,25)(H,24,26).